The molecule has 4 nitrogen and oxygen atoms in total. The van der Waals surface area contributed by atoms with Gasteiger partial charge in [-0.1, -0.05) is 12.8 Å². The minimum absolute atomic E-state index is 0.0416. The summed E-state index contributed by atoms with van der Waals surface area (Å²) in [6.45, 7) is 4.78. The minimum Gasteiger partial charge on any atom is -0.357 e. The topological polar surface area (TPSA) is 45.2 Å². The number of aromatic nitrogens is 1. The maximum atomic E-state index is 11.7. The highest BCUT2D eigenvalue weighted by Gasteiger charge is 2.37. The summed E-state index contributed by atoms with van der Waals surface area (Å²) in [7, 11) is 0. The number of hydrogen-bond acceptors (Lipinski definition) is 3. The number of pyridine rings is 1. The van der Waals surface area contributed by atoms with Gasteiger partial charge in [0, 0.05) is 25.8 Å². The van der Waals surface area contributed by atoms with Gasteiger partial charge in [-0.2, -0.15) is 0 Å². The van der Waals surface area contributed by atoms with Gasteiger partial charge in [0.1, 0.15) is 5.82 Å². The smallest absolute Gasteiger partial charge is 0.252 e. The van der Waals surface area contributed by atoms with Gasteiger partial charge in [-0.15, -0.1) is 0 Å². The van der Waals surface area contributed by atoms with E-state index in [-0.39, 0.29) is 5.91 Å². The maximum absolute atomic E-state index is 11.7. The highest BCUT2D eigenvalue weighted by Crippen LogP contribution is 2.46. The van der Waals surface area contributed by atoms with E-state index in [2.05, 4.69) is 15.2 Å². The third-order valence-electron chi connectivity index (χ3n) is 5.16. The molecule has 1 amide bonds. The zero-order chi connectivity index (χ0) is 14.7. The summed E-state index contributed by atoms with van der Waals surface area (Å²) >= 11 is 0. The molecule has 1 aliphatic heterocycles. The molecule has 0 unspecified atom stereocenters. The molecule has 0 bridgehead atoms. The Labute approximate surface area is 126 Å². The summed E-state index contributed by atoms with van der Waals surface area (Å²) in [5.74, 6) is 0.969. The largest absolute Gasteiger partial charge is 0.357 e. The zero-order valence-electron chi connectivity index (χ0n) is 12.9. The molecule has 1 aromatic heterocycles. The molecule has 3 rings (SSSR count). The Balaban J connectivity index is 1.61. The fourth-order valence-electron chi connectivity index (χ4n) is 3.81. The number of amides is 1. The van der Waals surface area contributed by atoms with Gasteiger partial charge < -0.3 is 10.2 Å². The van der Waals surface area contributed by atoms with Crippen LogP contribution < -0.4 is 10.2 Å². The predicted molar refractivity (Wildman–Crippen MR) is 84.6 cm³/mol. The molecule has 2 fully saturated rings. The second kappa shape index (κ2) is 6.04. The van der Waals surface area contributed by atoms with Crippen LogP contribution in [0.15, 0.2) is 18.3 Å². The van der Waals surface area contributed by atoms with Crippen LogP contribution >= 0.6 is 0 Å². The Morgan fingerprint density at radius 3 is 2.52 bits per heavy atom. The second-order valence-electron chi connectivity index (χ2n) is 6.46. The highest BCUT2D eigenvalue weighted by atomic mass is 16.1. The Morgan fingerprint density at radius 2 is 1.95 bits per heavy atom. The van der Waals surface area contributed by atoms with E-state index in [0.29, 0.717) is 17.5 Å². The first-order chi connectivity index (χ1) is 10.2. The van der Waals surface area contributed by atoms with Gasteiger partial charge >= 0.3 is 0 Å². The van der Waals surface area contributed by atoms with Gasteiger partial charge in [0.25, 0.3) is 5.91 Å². The number of nitrogens with one attached hydrogen (secondary N) is 1. The predicted octanol–water partition coefficient (Wildman–Crippen LogP) is 2.99. The van der Waals surface area contributed by atoms with E-state index in [9.17, 15) is 4.79 Å². The molecular weight excluding hydrogens is 262 g/mol. The molecule has 4 heteroatoms. The first-order valence-electron chi connectivity index (χ1n) is 8.22. The van der Waals surface area contributed by atoms with E-state index >= 15 is 0 Å². The van der Waals surface area contributed by atoms with Gasteiger partial charge in [-0.25, -0.2) is 4.98 Å². The van der Waals surface area contributed by atoms with Gasteiger partial charge in [-0.3, -0.25) is 4.79 Å². The van der Waals surface area contributed by atoms with Crippen molar-refractivity contribution >= 4 is 11.7 Å². The molecule has 2 heterocycles. The normalized spacial score (nSPS) is 20.7. The van der Waals surface area contributed by atoms with Crippen molar-refractivity contribution in [3.63, 3.8) is 0 Å². The van der Waals surface area contributed by atoms with Crippen LogP contribution in [0.25, 0.3) is 0 Å². The first kappa shape index (κ1) is 14.4. The van der Waals surface area contributed by atoms with E-state index in [0.717, 1.165) is 18.9 Å². The molecule has 21 heavy (non-hydrogen) atoms. The van der Waals surface area contributed by atoms with Crippen LogP contribution in [0.2, 0.25) is 0 Å². The number of rotatable bonds is 3. The van der Waals surface area contributed by atoms with Crippen molar-refractivity contribution in [2.75, 3.05) is 24.5 Å². The molecule has 1 aliphatic carbocycles. The zero-order valence-corrected chi connectivity index (χ0v) is 12.9. The number of carbonyl (C=O) groups is 1. The van der Waals surface area contributed by atoms with Crippen LogP contribution in [0.5, 0.6) is 0 Å². The lowest BCUT2D eigenvalue weighted by molar-refractivity contribution is 0.0955. The summed E-state index contributed by atoms with van der Waals surface area (Å²) < 4.78 is 0. The Morgan fingerprint density at radius 1 is 1.24 bits per heavy atom. The number of anilines is 1. The van der Waals surface area contributed by atoms with Crippen molar-refractivity contribution < 1.29 is 4.79 Å². The minimum atomic E-state index is -0.0416. The lowest BCUT2D eigenvalue weighted by atomic mass is 9.77. The Hall–Kier alpha value is -1.58. The number of carbonyl (C=O) groups excluding carboxylic acids is 1. The SMILES string of the molecule is CCNC(=O)c1ccc(N2CCC3(CCCC3)CC2)nc1. The molecule has 0 atom stereocenters. The summed E-state index contributed by atoms with van der Waals surface area (Å²) in [5.41, 5.74) is 1.28. The van der Waals surface area contributed by atoms with E-state index in [1.54, 1.807) is 6.20 Å². The molecular formula is C17H25N3O. The van der Waals surface area contributed by atoms with E-state index in [4.69, 9.17) is 0 Å². The monoisotopic (exact) mass is 287 g/mol. The van der Waals surface area contributed by atoms with Gasteiger partial charge in [0.15, 0.2) is 0 Å². The van der Waals surface area contributed by atoms with Crippen molar-refractivity contribution in [2.24, 2.45) is 5.41 Å². The van der Waals surface area contributed by atoms with Crippen LogP contribution in [0.4, 0.5) is 5.82 Å². The Kier molecular flexibility index (Phi) is 4.13. The standard InChI is InChI=1S/C17H25N3O/c1-2-18-16(21)14-5-6-15(19-13-14)20-11-9-17(10-12-20)7-3-4-8-17/h5-6,13H,2-4,7-12H2,1H3,(H,18,21). The van der Waals surface area contributed by atoms with Crippen molar-refractivity contribution in [3.05, 3.63) is 23.9 Å². The lowest BCUT2D eigenvalue weighted by Crippen LogP contribution is -2.39. The van der Waals surface area contributed by atoms with Crippen LogP contribution in [-0.4, -0.2) is 30.5 Å². The number of hydrogen-bond donors (Lipinski definition) is 1. The van der Waals surface area contributed by atoms with Crippen molar-refractivity contribution in [3.8, 4) is 0 Å². The molecule has 114 valence electrons. The lowest BCUT2D eigenvalue weighted by Gasteiger charge is -2.40. The molecule has 2 aliphatic rings. The summed E-state index contributed by atoms with van der Waals surface area (Å²) in [4.78, 5) is 18.6. The van der Waals surface area contributed by atoms with E-state index < -0.39 is 0 Å². The molecule has 0 aromatic carbocycles. The molecule has 1 spiro atoms. The van der Waals surface area contributed by atoms with Gasteiger partial charge in [0.05, 0.1) is 5.56 Å². The quantitative estimate of drug-likeness (QED) is 0.929. The van der Waals surface area contributed by atoms with Crippen molar-refractivity contribution in [1.82, 2.24) is 10.3 Å². The first-order valence-corrected chi connectivity index (χ1v) is 8.22. The third-order valence-corrected chi connectivity index (χ3v) is 5.16. The molecule has 1 aromatic rings. The summed E-state index contributed by atoms with van der Waals surface area (Å²) in [5, 5.41) is 2.80. The van der Waals surface area contributed by atoms with Crippen LogP contribution in [-0.2, 0) is 0 Å². The van der Waals surface area contributed by atoms with Gasteiger partial charge in [-0.05, 0) is 50.2 Å². The third kappa shape index (κ3) is 3.04. The molecule has 1 N–H and O–H groups in total. The number of piperidine rings is 1. The fourth-order valence-corrected chi connectivity index (χ4v) is 3.81. The molecule has 1 saturated heterocycles. The van der Waals surface area contributed by atoms with E-state index in [1.165, 1.54) is 38.5 Å². The van der Waals surface area contributed by atoms with E-state index in [1.807, 2.05) is 19.1 Å². The van der Waals surface area contributed by atoms with Crippen molar-refractivity contribution in [2.45, 2.75) is 45.4 Å². The molecule has 0 radical (unpaired) electrons. The summed E-state index contributed by atoms with van der Waals surface area (Å²) in [6, 6.07) is 3.87. The Bertz CT molecular complexity index is 481. The summed E-state index contributed by atoms with van der Waals surface area (Å²) in [6.07, 6.45) is 9.97. The van der Waals surface area contributed by atoms with Crippen molar-refractivity contribution in [1.29, 1.82) is 0 Å². The average Bonchev–Trinajstić information content (AvgIpc) is 2.97. The van der Waals surface area contributed by atoms with Crippen LogP contribution in [0.3, 0.4) is 0 Å². The van der Waals surface area contributed by atoms with Crippen LogP contribution in [0.1, 0.15) is 55.8 Å². The van der Waals surface area contributed by atoms with Crippen LogP contribution in [0, 0.1) is 5.41 Å². The number of nitrogens with zero attached hydrogens (tertiary/aromatic N) is 2. The average molecular weight is 287 g/mol. The second-order valence-corrected chi connectivity index (χ2v) is 6.46. The molecule has 1 saturated carbocycles. The van der Waals surface area contributed by atoms with Gasteiger partial charge in [0.2, 0.25) is 0 Å². The fraction of sp³-hybridized carbons (Fsp3) is 0.647. The maximum Gasteiger partial charge on any atom is 0.252 e. The highest BCUT2D eigenvalue weighted by molar-refractivity contribution is 5.93.